The number of hydrogen-bond acceptors (Lipinski definition) is 2. The number of aromatic amines is 1. The first-order valence-corrected chi connectivity index (χ1v) is 6.98. The molecule has 0 unspecified atom stereocenters. The van der Waals surface area contributed by atoms with Gasteiger partial charge in [0.25, 0.3) is 0 Å². The molecule has 3 heteroatoms. The molecule has 1 radical (unpaired) electrons. The molecule has 0 saturated heterocycles. The van der Waals surface area contributed by atoms with Crippen molar-refractivity contribution in [2.75, 3.05) is 0 Å². The van der Waals surface area contributed by atoms with Crippen LogP contribution in [0.5, 0.6) is 0 Å². The number of thiazole rings is 1. The maximum Gasteiger partial charge on any atom is 0.0908 e. The lowest BCUT2D eigenvalue weighted by atomic mass is 10.0. The Balaban J connectivity index is 2.02. The summed E-state index contributed by atoms with van der Waals surface area (Å²) in [5, 5.41) is 2.32. The van der Waals surface area contributed by atoms with E-state index in [1.807, 2.05) is 19.2 Å². The van der Waals surface area contributed by atoms with Gasteiger partial charge in [-0.1, -0.05) is 18.2 Å². The SMILES string of the molecule is Cc1nc2c(-c3ccc4cc[nH]c4c3)[c]ccc2s1. The highest BCUT2D eigenvalue weighted by atomic mass is 32.1. The van der Waals surface area contributed by atoms with Crippen LogP contribution in [-0.4, -0.2) is 9.97 Å². The second-order valence-corrected chi connectivity index (χ2v) is 5.81. The standard InChI is InChI=1S/C16H11N2S/c1-10-18-16-13(3-2-4-15(16)19-10)12-6-5-11-7-8-17-14(11)9-12/h2,4-9,17H,1H3. The Morgan fingerprint density at radius 3 is 3.11 bits per heavy atom. The van der Waals surface area contributed by atoms with E-state index in [4.69, 9.17) is 0 Å². The summed E-state index contributed by atoms with van der Waals surface area (Å²) in [5.74, 6) is 0. The first-order chi connectivity index (χ1) is 9.31. The van der Waals surface area contributed by atoms with Crippen molar-refractivity contribution in [3.05, 3.63) is 53.7 Å². The Hall–Kier alpha value is -2.13. The second kappa shape index (κ2) is 3.93. The summed E-state index contributed by atoms with van der Waals surface area (Å²) in [6.07, 6.45) is 1.96. The van der Waals surface area contributed by atoms with Crippen LogP contribution in [0.4, 0.5) is 0 Å². The quantitative estimate of drug-likeness (QED) is 0.536. The highest BCUT2D eigenvalue weighted by Gasteiger charge is 2.08. The van der Waals surface area contributed by atoms with Crippen LogP contribution >= 0.6 is 11.3 Å². The third kappa shape index (κ3) is 1.66. The number of aromatic nitrogens is 2. The first kappa shape index (κ1) is 10.8. The fourth-order valence-corrected chi connectivity index (χ4v) is 3.26. The number of nitrogens with one attached hydrogen (secondary N) is 1. The van der Waals surface area contributed by atoms with Crippen LogP contribution in [0.2, 0.25) is 0 Å². The highest BCUT2D eigenvalue weighted by Crippen LogP contribution is 2.32. The number of hydrogen-bond donors (Lipinski definition) is 1. The second-order valence-electron chi connectivity index (χ2n) is 4.58. The molecule has 0 atom stereocenters. The van der Waals surface area contributed by atoms with Crippen LogP contribution in [0.25, 0.3) is 32.2 Å². The van der Waals surface area contributed by atoms with E-state index in [1.165, 1.54) is 10.1 Å². The minimum atomic E-state index is 1.05. The van der Waals surface area contributed by atoms with Crippen molar-refractivity contribution < 1.29 is 0 Å². The average Bonchev–Trinajstić information content (AvgIpc) is 3.01. The van der Waals surface area contributed by atoms with E-state index in [-0.39, 0.29) is 0 Å². The number of aryl methyl sites for hydroxylation is 1. The van der Waals surface area contributed by atoms with Crippen LogP contribution in [-0.2, 0) is 0 Å². The molecule has 19 heavy (non-hydrogen) atoms. The molecule has 1 N–H and O–H groups in total. The van der Waals surface area contributed by atoms with Gasteiger partial charge in [0.05, 0.1) is 15.2 Å². The minimum absolute atomic E-state index is 1.05. The van der Waals surface area contributed by atoms with Crippen molar-refractivity contribution in [2.45, 2.75) is 6.92 Å². The van der Waals surface area contributed by atoms with Gasteiger partial charge in [-0.25, -0.2) is 4.98 Å². The number of H-pyrrole nitrogens is 1. The Bertz CT molecular complexity index is 886. The molecular weight excluding hydrogens is 252 g/mol. The topological polar surface area (TPSA) is 28.7 Å². The van der Waals surface area contributed by atoms with E-state index >= 15 is 0 Å². The van der Waals surface area contributed by atoms with Gasteiger partial charge in [-0.2, -0.15) is 0 Å². The monoisotopic (exact) mass is 263 g/mol. The number of fused-ring (bicyclic) bond motifs is 2. The Kier molecular flexibility index (Phi) is 2.23. The summed E-state index contributed by atoms with van der Waals surface area (Å²) in [6, 6.07) is 15.9. The van der Waals surface area contributed by atoms with Gasteiger partial charge in [0, 0.05) is 17.3 Å². The van der Waals surface area contributed by atoms with E-state index in [9.17, 15) is 0 Å². The fourth-order valence-electron chi connectivity index (χ4n) is 2.43. The molecule has 2 heterocycles. The molecule has 91 valence electrons. The van der Waals surface area contributed by atoms with E-state index < -0.39 is 0 Å². The smallest absolute Gasteiger partial charge is 0.0908 e. The zero-order valence-electron chi connectivity index (χ0n) is 10.4. The van der Waals surface area contributed by atoms with E-state index in [0.717, 1.165) is 27.2 Å². The van der Waals surface area contributed by atoms with Gasteiger partial charge < -0.3 is 4.98 Å². The summed E-state index contributed by atoms with van der Waals surface area (Å²) in [5.41, 5.74) is 4.44. The molecule has 4 rings (SSSR count). The zero-order chi connectivity index (χ0) is 12.8. The molecule has 2 aromatic heterocycles. The first-order valence-electron chi connectivity index (χ1n) is 6.16. The maximum atomic E-state index is 4.63. The molecule has 0 bridgehead atoms. The molecule has 0 aliphatic rings. The molecule has 2 aromatic carbocycles. The summed E-state index contributed by atoms with van der Waals surface area (Å²) in [7, 11) is 0. The number of nitrogens with zero attached hydrogens (tertiary/aromatic N) is 1. The molecule has 0 aliphatic heterocycles. The van der Waals surface area contributed by atoms with Crippen LogP contribution in [0.1, 0.15) is 5.01 Å². The van der Waals surface area contributed by atoms with Crippen molar-refractivity contribution in [3.8, 4) is 11.1 Å². The average molecular weight is 263 g/mol. The summed E-state index contributed by atoms with van der Waals surface area (Å²) >= 11 is 1.73. The molecule has 2 nitrogen and oxygen atoms in total. The number of rotatable bonds is 1. The van der Waals surface area contributed by atoms with Gasteiger partial charge in [0.2, 0.25) is 0 Å². The minimum Gasteiger partial charge on any atom is -0.361 e. The summed E-state index contributed by atoms with van der Waals surface area (Å²) in [4.78, 5) is 7.89. The summed E-state index contributed by atoms with van der Waals surface area (Å²) in [6.45, 7) is 2.04. The Morgan fingerprint density at radius 2 is 2.16 bits per heavy atom. The summed E-state index contributed by atoms with van der Waals surface area (Å²) < 4.78 is 1.22. The molecule has 0 aliphatic carbocycles. The van der Waals surface area contributed by atoms with E-state index in [0.29, 0.717) is 0 Å². The Morgan fingerprint density at radius 1 is 1.21 bits per heavy atom. The van der Waals surface area contributed by atoms with Crippen molar-refractivity contribution in [1.29, 1.82) is 0 Å². The van der Waals surface area contributed by atoms with Crippen LogP contribution in [0.3, 0.4) is 0 Å². The molecule has 0 spiro atoms. The van der Waals surface area contributed by atoms with Crippen molar-refractivity contribution >= 4 is 32.5 Å². The third-order valence-electron chi connectivity index (χ3n) is 3.30. The zero-order valence-corrected chi connectivity index (χ0v) is 11.2. The van der Waals surface area contributed by atoms with Gasteiger partial charge in [0.1, 0.15) is 0 Å². The van der Waals surface area contributed by atoms with Gasteiger partial charge in [-0.15, -0.1) is 11.3 Å². The predicted molar refractivity (Wildman–Crippen MR) is 80.5 cm³/mol. The number of benzene rings is 2. The van der Waals surface area contributed by atoms with Crippen molar-refractivity contribution in [3.63, 3.8) is 0 Å². The lowest BCUT2D eigenvalue weighted by Gasteiger charge is -2.02. The van der Waals surface area contributed by atoms with E-state index in [2.05, 4.69) is 46.4 Å². The van der Waals surface area contributed by atoms with Crippen molar-refractivity contribution in [2.24, 2.45) is 0 Å². The predicted octanol–water partition coefficient (Wildman–Crippen LogP) is 4.55. The van der Waals surface area contributed by atoms with Crippen LogP contribution in [0, 0.1) is 13.0 Å². The van der Waals surface area contributed by atoms with Gasteiger partial charge in [-0.3, -0.25) is 0 Å². The molecule has 0 fully saturated rings. The van der Waals surface area contributed by atoms with Gasteiger partial charge in [0.15, 0.2) is 0 Å². The largest absolute Gasteiger partial charge is 0.361 e. The van der Waals surface area contributed by atoms with Crippen molar-refractivity contribution in [1.82, 2.24) is 9.97 Å². The fraction of sp³-hybridized carbons (Fsp3) is 0.0625. The normalized spacial score (nSPS) is 11.4. The molecule has 0 amide bonds. The maximum absolute atomic E-state index is 4.63. The lowest BCUT2D eigenvalue weighted by molar-refractivity contribution is 1.35. The highest BCUT2D eigenvalue weighted by molar-refractivity contribution is 7.18. The van der Waals surface area contributed by atoms with Gasteiger partial charge in [-0.05, 0) is 42.1 Å². The molecule has 4 aromatic rings. The lowest BCUT2D eigenvalue weighted by Crippen LogP contribution is -1.81. The third-order valence-corrected chi connectivity index (χ3v) is 4.24. The molecule has 0 saturated carbocycles. The van der Waals surface area contributed by atoms with Crippen LogP contribution in [0.15, 0.2) is 42.6 Å². The molecular formula is C16H11N2S. The van der Waals surface area contributed by atoms with Gasteiger partial charge >= 0.3 is 0 Å². The van der Waals surface area contributed by atoms with Crippen LogP contribution < -0.4 is 0 Å². The Labute approximate surface area is 114 Å². The van der Waals surface area contributed by atoms with E-state index in [1.54, 1.807) is 11.3 Å².